The van der Waals surface area contributed by atoms with Crippen molar-refractivity contribution in [2.45, 2.75) is 38.7 Å². The number of rotatable bonds is 1. The Balaban J connectivity index is 2.18. The summed E-state index contributed by atoms with van der Waals surface area (Å²) >= 11 is 0. The lowest BCUT2D eigenvalue weighted by Crippen LogP contribution is -2.28. The van der Waals surface area contributed by atoms with Gasteiger partial charge in [-0.25, -0.2) is 0 Å². The first-order valence-corrected chi connectivity index (χ1v) is 4.91. The smallest absolute Gasteiger partial charge is 0.317 e. The minimum absolute atomic E-state index is 0.0283. The molecule has 72 valence electrons. The van der Waals surface area contributed by atoms with Gasteiger partial charge >= 0.3 is 5.97 Å². The molecule has 0 spiro atoms. The molecule has 0 aromatic carbocycles. The first kappa shape index (κ1) is 8.73. The van der Waals surface area contributed by atoms with E-state index in [-0.39, 0.29) is 23.8 Å². The number of esters is 1. The number of ether oxygens (including phenoxy) is 1. The van der Waals surface area contributed by atoms with E-state index in [0.29, 0.717) is 0 Å². The lowest BCUT2D eigenvalue weighted by atomic mass is 9.79. The van der Waals surface area contributed by atoms with E-state index in [1.165, 1.54) is 6.92 Å². The van der Waals surface area contributed by atoms with Crippen molar-refractivity contribution in [2.24, 2.45) is 11.8 Å². The summed E-state index contributed by atoms with van der Waals surface area (Å²) in [6.45, 7) is 1.49. The van der Waals surface area contributed by atoms with E-state index in [4.69, 9.17) is 4.74 Å². The van der Waals surface area contributed by atoms with Crippen molar-refractivity contribution in [3.05, 3.63) is 0 Å². The molecule has 1 saturated heterocycles. The second-order valence-electron chi connectivity index (χ2n) is 4.01. The predicted octanol–water partition coefficient (Wildman–Crippen LogP) is 1.31. The van der Waals surface area contributed by atoms with Crippen LogP contribution in [0.5, 0.6) is 0 Å². The van der Waals surface area contributed by atoms with Crippen molar-refractivity contribution < 1.29 is 14.3 Å². The number of fused-ring (bicyclic) bond motifs is 1. The molecule has 1 aliphatic heterocycles. The molecule has 2 aliphatic rings. The summed E-state index contributed by atoms with van der Waals surface area (Å²) in [5.41, 5.74) is 0. The van der Waals surface area contributed by atoms with E-state index < -0.39 is 5.92 Å². The molecule has 0 unspecified atom stereocenters. The van der Waals surface area contributed by atoms with Gasteiger partial charge in [0.2, 0.25) is 0 Å². The predicted molar refractivity (Wildman–Crippen MR) is 46.0 cm³/mol. The summed E-state index contributed by atoms with van der Waals surface area (Å²) in [6.07, 6.45) is 4.21. The standard InChI is InChI=1S/C10H14O3/c1-6(11)9-7-4-2-3-5-8(7)13-10(9)12/h7-9H,2-5H2,1H3/t7-,8-,9+/m1/s1. The van der Waals surface area contributed by atoms with E-state index in [0.717, 1.165) is 25.7 Å². The number of carbonyl (C=O) groups excluding carboxylic acids is 2. The number of Topliss-reactive ketones (excluding diaryl/α,β-unsaturated/α-hetero) is 1. The molecular weight excluding hydrogens is 168 g/mol. The summed E-state index contributed by atoms with van der Waals surface area (Å²) in [6, 6.07) is 0. The summed E-state index contributed by atoms with van der Waals surface area (Å²) in [7, 11) is 0. The highest BCUT2D eigenvalue weighted by molar-refractivity contribution is 5.99. The molecule has 3 heteroatoms. The topological polar surface area (TPSA) is 43.4 Å². The molecule has 0 N–H and O–H groups in total. The van der Waals surface area contributed by atoms with E-state index in [2.05, 4.69) is 0 Å². The molecule has 1 heterocycles. The zero-order valence-corrected chi connectivity index (χ0v) is 7.79. The maximum atomic E-state index is 11.3. The molecule has 1 saturated carbocycles. The van der Waals surface area contributed by atoms with Crippen LogP contribution in [0.4, 0.5) is 0 Å². The van der Waals surface area contributed by atoms with Crippen molar-refractivity contribution in [1.29, 1.82) is 0 Å². The normalized spacial score (nSPS) is 38.2. The van der Waals surface area contributed by atoms with Gasteiger partial charge in [-0.2, -0.15) is 0 Å². The molecule has 1 aliphatic carbocycles. The van der Waals surface area contributed by atoms with Crippen molar-refractivity contribution in [1.82, 2.24) is 0 Å². The molecule has 0 radical (unpaired) electrons. The highest BCUT2D eigenvalue weighted by Crippen LogP contribution is 2.39. The average Bonchev–Trinajstić information content (AvgIpc) is 2.39. The van der Waals surface area contributed by atoms with Gasteiger partial charge in [0.15, 0.2) is 0 Å². The van der Waals surface area contributed by atoms with Gasteiger partial charge in [-0.3, -0.25) is 9.59 Å². The van der Waals surface area contributed by atoms with E-state index >= 15 is 0 Å². The number of hydrogen-bond acceptors (Lipinski definition) is 3. The Bertz CT molecular complexity index is 247. The zero-order chi connectivity index (χ0) is 9.42. The molecule has 13 heavy (non-hydrogen) atoms. The quantitative estimate of drug-likeness (QED) is 0.453. The van der Waals surface area contributed by atoms with Crippen LogP contribution in [-0.4, -0.2) is 17.9 Å². The highest BCUT2D eigenvalue weighted by atomic mass is 16.6. The fourth-order valence-electron chi connectivity index (χ4n) is 2.52. The van der Waals surface area contributed by atoms with Crippen LogP contribution in [-0.2, 0) is 14.3 Å². The molecule has 2 rings (SSSR count). The van der Waals surface area contributed by atoms with E-state index in [1.54, 1.807) is 0 Å². The van der Waals surface area contributed by atoms with Gasteiger partial charge in [0.1, 0.15) is 17.8 Å². The van der Waals surface area contributed by atoms with Crippen molar-refractivity contribution in [2.75, 3.05) is 0 Å². The van der Waals surface area contributed by atoms with E-state index in [9.17, 15) is 9.59 Å². The Morgan fingerprint density at radius 3 is 2.77 bits per heavy atom. The number of hydrogen-bond donors (Lipinski definition) is 0. The van der Waals surface area contributed by atoms with Gasteiger partial charge in [0.25, 0.3) is 0 Å². The van der Waals surface area contributed by atoms with Gasteiger partial charge in [0.05, 0.1) is 0 Å². The molecule has 0 aromatic heterocycles. The van der Waals surface area contributed by atoms with Crippen LogP contribution < -0.4 is 0 Å². The Hall–Kier alpha value is -0.860. The van der Waals surface area contributed by atoms with Crippen LogP contribution in [0.15, 0.2) is 0 Å². The SMILES string of the molecule is CC(=O)[C@@H]1C(=O)O[C@@H]2CCCC[C@@H]12. The Morgan fingerprint density at radius 2 is 2.08 bits per heavy atom. The van der Waals surface area contributed by atoms with Crippen LogP contribution in [0, 0.1) is 11.8 Å². The summed E-state index contributed by atoms with van der Waals surface area (Å²) < 4.78 is 5.18. The third kappa shape index (κ3) is 1.36. The molecule has 3 nitrogen and oxygen atoms in total. The van der Waals surface area contributed by atoms with Gasteiger partial charge in [-0.15, -0.1) is 0 Å². The van der Waals surface area contributed by atoms with E-state index in [1.807, 2.05) is 0 Å². The Labute approximate surface area is 77.4 Å². The maximum Gasteiger partial charge on any atom is 0.317 e. The van der Waals surface area contributed by atoms with Crippen molar-refractivity contribution in [3.8, 4) is 0 Å². The first-order chi connectivity index (χ1) is 6.20. The van der Waals surface area contributed by atoms with Gasteiger partial charge in [0, 0.05) is 5.92 Å². The zero-order valence-electron chi connectivity index (χ0n) is 7.79. The first-order valence-electron chi connectivity index (χ1n) is 4.91. The molecule has 2 fully saturated rings. The molecule has 0 bridgehead atoms. The average molecular weight is 182 g/mol. The summed E-state index contributed by atoms with van der Waals surface area (Å²) in [5, 5.41) is 0. The van der Waals surface area contributed by atoms with Gasteiger partial charge < -0.3 is 4.74 Å². The highest BCUT2D eigenvalue weighted by Gasteiger charge is 2.47. The number of ketones is 1. The molecule has 0 aromatic rings. The van der Waals surface area contributed by atoms with Crippen molar-refractivity contribution in [3.63, 3.8) is 0 Å². The Morgan fingerprint density at radius 1 is 1.38 bits per heavy atom. The fourth-order valence-corrected chi connectivity index (χ4v) is 2.52. The van der Waals surface area contributed by atoms with Crippen LogP contribution in [0.2, 0.25) is 0 Å². The molecule has 0 amide bonds. The van der Waals surface area contributed by atoms with Crippen LogP contribution in [0.25, 0.3) is 0 Å². The Kier molecular flexibility index (Phi) is 2.10. The fraction of sp³-hybridized carbons (Fsp3) is 0.800. The largest absolute Gasteiger partial charge is 0.461 e. The minimum Gasteiger partial charge on any atom is -0.461 e. The monoisotopic (exact) mass is 182 g/mol. The minimum atomic E-state index is -0.453. The second-order valence-corrected chi connectivity index (χ2v) is 4.01. The van der Waals surface area contributed by atoms with Gasteiger partial charge in [-0.1, -0.05) is 6.42 Å². The maximum absolute atomic E-state index is 11.3. The van der Waals surface area contributed by atoms with Crippen molar-refractivity contribution >= 4 is 11.8 Å². The number of carbonyl (C=O) groups is 2. The lowest BCUT2D eigenvalue weighted by molar-refractivity contribution is -0.146. The summed E-state index contributed by atoms with van der Waals surface area (Å²) in [4.78, 5) is 22.5. The lowest BCUT2D eigenvalue weighted by Gasteiger charge is -2.24. The van der Waals surface area contributed by atoms with Crippen LogP contribution >= 0.6 is 0 Å². The molecular formula is C10H14O3. The van der Waals surface area contributed by atoms with Gasteiger partial charge in [-0.05, 0) is 26.2 Å². The molecule has 3 atom stereocenters. The second kappa shape index (κ2) is 3.13. The van der Waals surface area contributed by atoms with Crippen LogP contribution in [0.3, 0.4) is 0 Å². The van der Waals surface area contributed by atoms with Crippen LogP contribution in [0.1, 0.15) is 32.6 Å². The summed E-state index contributed by atoms with van der Waals surface area (Å²) in [5.74, 6) is -0.590. The third-order valence-electron chi connectivity index (χ3n) is 3.14. The third-order valence-corrected chi connectivity index (χ3v) is 3.14.